The van der Waals surface area contributed by atoms with Crippen molar-refractivity contribution in [3.05, 3.63) is 29.6 Å². The SMILES string of the molecule is CCCN(CCC)C(=O)c1cncc(C(=O)NCCCOC)c1. The molecule has 23 heavy (non-hydrogen) atoms. The van der Waals surface area contributed by atoms with Crippen LogP contribution in [0.25, 0.3) is 0 Å². The van der Waals surface area contributed by atoms with E-state index in [0.717, 1.165) is 19.3 Å². The van der Waals surface area contributed by atoms with E-state index in [1.165, 1.54) is 12.4 Å². The quantitative estimate of drug-likeness (QED) is 0.670. The molecule has 0 saturated carbocycles. The number of carbonyl (C=O) groups is 2. The zero-order chi connectivity index (χ0) is 17.1. The van der Waals surface area contributed by atoms with Gasteiger partial charge in [0.15, 0.2) is 0 Å². The van der Waals surface area contributed by atoms with Crippen molar-refractivity contribution in [3.63, 3.8) is 0 Å². The van der Waals surface area contributed by atoms with Crippen LogP contribution in [0.15, 0.2) is 18.5 Å². The van der Waals surface area contributed by atoms with Crippen molar-refractivity contribution in [2.45, 2.75) is 33.1 Å². The average Bonchev–Trinajstić information content (AvgIpc) is 2.58. The van der Waals surface area contributed by atoms with Crippen LogP contribution in [0.2, 0.25) is 0 Å². The molecule has 1 N–H and O–H groups in total. The van der Waals surface area contributed by atoms with Crippen LogP contribution < -0.4 is 5.32 Å². The van der Waals surface area contributed by atoms with Crippen molar-refractivity contribution >= 4 is 11.8 Å². The fourth-order valence-electron chi connectivity index (χ4n) is 2.24. The van der Waals surface area contributed by atoms with Gasteiger partial charge in [-0.15, -0.1) is 0 Å². The zero-order valence-corrected chi connectivity index (χ0v) is 14.3. The molecular formula is C17H27N3O3. The van der Waals surface area contributed by atoms with Crippen molar-refractivity contribution in [2.75, 3.05) is 33.4 Å². The third-order valence-electron chi connectivity index (χ3n) is 3.33. The second-order valence-electron chi connectivity index (χ2n) is 5.36. The zero-order valence-electron chi connectivity index (χ0n) is 14.3. The lowest BCUT2D eigenvalue weighted by Gasteiger charge is -2.21. The van der Waals surface area contributed by atoms with Crippen LogP contribution in [-0.4, -0.2) is 55.0 Å². The first-order valence-electron chi connectivity index (χ1n) is 8.15. The van der Waals surface area contributed by atoms with Crippen molar-refractivity contribution < 1.29 is 14.3 Å². The smallest absolute Gasteiger partial charge is 0.255 e. The highest BCUT2D eigenvalue weighted by Gasteiger charge is 2.16. The largest absolute Gasteiger partial charge is 0.385 e. The summed E-state index contributed by atoms with van der Waals surface area (Å²) in [6.45, 7) is 6.62. The summed E-state index contributed by atoms with van der Waals surface area (Å²) in [6, 6.07) is 1.61. The highest BCUT2D eigenvalue weighted by Crippen LogP contribution is 2.08. The Labute approximate surface area is 138 Å². The van der Waals surface area contributed by atoms with E-state index < -0.39 is 0 Å². The van der Waals surface area contributed by atoms with Crippen molar-refractivity contribution in [1.82, 2.24) is 15.2 Å². The molecular weight excluding hydrogens is 294 g/mol. The van der Waals surface area contributed by atoms with Crippen LogP contribution in [-0.2, 0) is 4.74 Å². The van der Waals surface area contributed by atoms with Crippen LogP contribution in [0, 0.1) is 0 Å². The first-order valence-corrected chi connectivity index (χ1v) is 8.15. The maximum atomic E-state index is 12.5. The molecule has 0 saturated heterocycles. The Bertz CT molecular complexity index is 500. The molecule has 2 amide bonds. The molecule has 128 valence electrons. The van der Waals surface area contributed by atoms with Gasteiger partial charge in [0.05, 0.1) is 11.1 Å². The Morgan fingerprint density at radius 1 is 1.17 bits per heavy atom. The number of nitrogens with one attached hydrogen (secondary N) is 1. The van der Waals surface area contributed by atoms with E-state index in [0.29, 0.717) is 37.4 Å². The molecule has 6 nitrogen and oxygen atoms in total. The summed E-state index contributed by atoms with van der Waals surface area (Å²) >= 11 is 0. The third kappa shape index (κ3) is 6.36. The third-order valence-corrected chi connectivity index (χ3v) is 3.33. The molecule has 1 aromatic rings. The van der Waals surface area contributed by atoms with E-state index in [4.69, 9.17) is 4.74 Å². The minimum absolute atomic E-state index is 0.0739. The van der Waals surface area contributed by atoms with Gasteiger partial charge in [-0.3, -0.25) is 14.6 Å². The molecule has 0 fully saturated rings. The van der Waals surface area contributed by atoms with E-state index in [-0.39, 0.29) is 11.8 Å². The molecule has 6 heteroatoms. The lowest BCUT2D eigenvalue weighted by Crippen LogP contribution is -2.33. The molecule has 0 aliphatic carbocycles. The number of aromatic nitrogens is 1. The number of carbonyl (C=O) groups excluding carboxylic acids is 2. The van der Waals surface area contributed by atoms with E-state index >= 15 is 0 Å². The Morgan fingerprint density at radius 3 is 2.43 bits per heavy atom. The second kappa shape index (κ2) is 10.7. The number of amides is 2. The van der Waals surface area contributed by atoms with E-state index in [1.54, 1.807) is 18.1 Å². The van der Waals surface area contributed by atoms with Gasteiger partial charge < -0.3 is 15.0 Å². The molecule has 0 aliphatic heterocycles. The fraction of sp³-hybridized carbons (Fsp3) is 0.588. The monoisotopic (exact) mass is 321 g/mol. The van der Waals surface area contributed by atoms with Gasteiger partial charge in [-0.1, -0.05) is 13.8 Å². The van der Waals surface area contributed by atoms with Gasteiger partial charge in [0.25, 0.3) is 11.8 Å². The topological polar surface area (TPSA) is 71.5 Å². The molecule has 0 bridgehead atoms. The van der Waals surface area contributed by atoms with Crippen LogP contribution in [0.5, 0.6) is 0 Å². The second-order valence-corrected chi connectivity index (χ2v) is 5.36. The van der Waals surface area contributed by atoms with Gasteiger partial charge in [0, 0.05) is 45.7 Å². The van der Waals surface area contributed by atoms with Crippen LogP contribution >= 0.6 is 0 Å². The minimum atomic E-state index is -0.221. The van der Waals surface area contributed by atoms with Crippen molar-refractivity contribution in [2.24, 2.45) is 0 Å². The summed E-state index contributed by atoms with van der Waals surface area (Å²) < 4.78 is 4.94. The summed E-state index contributed by atoms with van der Waals surface area (Å²) in [6.07, 6.45) is 5.54. The van der Waals surface area contributed by atoms with Gasteiger partial charge >= 0.3 is 0 Å². The minimum Gasteiger partial charge on any atom is -0.385 e. The van der Waals surface area contributed by atoms with Gasteiger partial charge in [-0.05, 0) is 25.3 Å². The number of ether oxygens (including phenoxy) is 1. The fourth-order valence-corrected chi connectivity index (χ4v) is 2.24. The van der Waals surface area contributed by atoms with E-state index in [9.17, 15) is 9.59 Å². The summed E-state index contributed by atoms with van der Waals surface area (Å²) in [5, 5.41) is 2.80. The summed E-state index contributed by atoms with van der Waals surface area (Å²) in [4.78, 5) is 30.5. The van der Waals surface area contributed by atoms with E-state index in [2.05, 4.69) is 10.3 Å². The highest BCUT2D eigenvalue weighted by molar-refractivity contribution is 5.99. The summed E-state index contributed by atoms with van der Waals surface area (Å²) in [7, 11) is 1.62. The van der Waals surface area contributed by atoms with Gasteiger partial charge in [0.1, 0.15) is 0 Å². The maximum Gasteiger partial charge on any atom is 0.255 e. The maximum absolute atomic E-state index is 12.5. The molecule has 0 aliphatic rings. The average molecular weight is 321 g/mol. The first-order chi connectivity index (χ1) is 11.1. The molecule has 1 aromatic heterocycles. The number of methoxy groups -OCH3 is 1. The van der Waals surface area contributed by atoms with Crippen LogP contribution in [0.3, 0.4) is 0 Å². The van der Waals surface area contributed by atoms with Crippen molar-refractivity contribution in [3.8, 4) is 0 Å². The summed E-state index contributed by atoms with van der Waals surface area (Å²) in [5.41, 5.74) is 0.859. The standard InChI is InChI=1S/C17H27N3O3/c1-4-8-20(9-5-2)17(22)15-11-14(12-18-13-15)16(21)19-7-6-10-23-3/h11-13H,4-10H2,1-3H3,(H,19,21). The van der Waals surface area contributed by atoms with Gasteiger partial charge in [-0.25, -0.2) is 0 Å². The first kappa shape index (κ1) is 19.1. The number of hydrogen-bond donors (Lipinski definition) is 1. The Balaban J connectivity index is 2.74. The Hall–Kier alpha value is -1.95. The molecule has 0 spiro atoms. The predicted octanol–water partition coefficient (Wildman–Crippen LogP) is 2.11. The number of nitrogens with zero attached hydrogens (tertiary/aromatic N) is 2. The summed E-state index contributed by atoms with van der Waals surface area (Å²) in [5.74, 6) is -0.295. The number of pyridine rings is 1. The normalized spacial score (nSPS) is 10.4. The van der Waals surface area contributed by atoms with Crippen LogP contribution in [0.4, 0.5) is 0 Å². The molecule has 1 rings (SSSR count). The predicted molar refractivity (Wildman–Crippen MR) is 89.5 cm³/mol. The molecule has 0 atom stereocenters. The van der Waals surface area contributed by atoms with Crippen LogP contribution in [0.1, 0.15) is 53.8 Å². The molecule has 1 heterocycles. The Kier molecular flexibility index (Phi) is 8.90. The highest BCUT2D eigenvalue weighted by atomic mass is 16.5. The molecule has 0 radical (unpaired) electrons. The van der Waals surface area contributed by atoms with Gasteiger partial charge in [0.2, 0.25) is 0 Å². The lowest BCUT2D eigenvalue weighted by atomic mass is 10.1. The lowest BCUT2D eigenvalue weighted by molar-refractivity contribution is 0.0755. The molecule has 0 unspecified atom stereocenters. The number of hydrogen-bond acceptors (Lipinski definition) is 4. The van der Waals surface area contributed by atoms with E-state index in [1.807, 2.05) is 13.8 Å². The Morgan fingerprint density at radius 2 is 1.83 bits per heavy atom. The van der Waals surface area contributed by atoms with Gasteiger partial charge in [-0.2, -0.15) is 0 Å². The van der Waals surface area contributed by atoms with Crippen molar-refractivity contribution in [1.29, 1.82) is 0 Å². The molecule has 0 aromatic carbocycles. The number of rotatable bonds is 10.